The lowest BCUT2D eigenvalue weighted by molar-refractivity contribution is 0.354. The highest BCUT2D eigenvalue weighted by Crippen LogP contribution is 2.38. The van der Waals surface area contributed by atoms with Gasteiger partial charge in [0.1, 0.15) is 0 Å². The first-order valence-electron chi connectivity index (χ1n) is 4.63. The van der Waals surface area contributed by atoms with Gasteiger partial charge in [-0.3, -0.25) is 4.57 Å². The Balaban J connectivity index is 2.85. The smallest absolute Gasteiger partial charge is 0.202 e. The Labute approximate surface area is 82.2 Å². The molecule has 2 rings (SSSR count). The maximum absolute atomic E-state index is 9.84. The number of hydrogen-bond acceptors (Lipinski definition) is 2. The van der Waals surface area contributed by atoms with Gasteiger partial charge in [0, 0.05) is 16.8 Å². The van der Waals surface area contributed by atoms with E-state index in [9.17, 15) is 10.2 Å². The van der Waals surface area contributed by atoms with Crippen molar-refractivity contribution in [3.63, 3.8) is 0 Å². The van der Waals surface area contributed by atoms with Crippen LogP contribution in [0.25, 0.3) is 10.8 Å². The van der Waals surface area contributed by atoms with Crippen LogP contribution in [0.2, 0.25) is 0 Å². The molecule has 1 aromatic carbocycles. The van der Waals surface area contributed by atoms with Gasteiger partial charge in [0.25, 0.3) is 0 Å². The lowest BCUT2D eigenvalue weighted by atomic mass is 10.2. The highest BCUT2D eigenvalue weighted by molar-refractivity contribution is 5.92. The van der Waals surface area contributed by atoms with Crippen LogP contribution in [-0.4, -0.2) is 14.8 Å². The Kier molecular flexibility index (Phi) is 1.88. The van der Waals surface area contributed by atoms with E-state index >= 15 is 0 Å². The van der Waals surface area contributed by atoms with Crippen LogP contribution >= 0.6 is 0 Å². The van der Waals surface area contributed by atoms with E-state index in [-0.39, 0.29) is 17.8 Å². The van der Waals surface area contributed by atoms with Gasteiger partial charge in [0.05, 0.1) is 0 Å². The molecule has 74 valence electrons. The van der Waals surface area contributed by atoms with Gasteiger partial charge < -0.3 is 10.2 Å². The molecule has 0 spiro atoms. The highest BCUT2D eigenvalue weighted by atomic mass is 16.3. The lowest BCUT2D eigenvalue weighted by Gasteiger charge is -2.09. The monoisotopic (exact) mass is 191 g/mol. The topological polar surface area (TPSA) is 45.4 Å². The summed E-state index contributed by atoms with van der Waals surface area (Å²) in [6, 6.07) is 7.31. The normalized spacial score (nSPS) is 11.4. The predicted molar refractivity (Wildman–Crippen MR) is 55.7 cm³/mol. The van der Waals surface area contributed by atoms with Crippen molar-refractivity contribution >= 4 is 10.8 Å². The minimum absolute atomic E-state index is 0.0439. The van der Waals surface area contributed by atoms with E-state index in [0.29, 0.717) is 10.8 Å². The van der Waals surface area contributed by atoms with Crippen LogP contribution in [0.5, 0.6) is 11.8 Å². The molecule has 0 atom stereocenters. The lowest BCUT2D eigenvalue weighted by Crippen LogP contribution is -1.98. The molecule has 1 aromatic heterocycles. The van der Waals surface area contributed by atoms with Crippen LogP contribution in [0.3, 0.4) is 0 Å². The van der Waals surface area contributed by atoms with Crippen LogP contribution in [0, 0.1) is 0 Å². The van der Waals surface area contributed by atoms with E-state index < -0.39 is 0 Å². The zero-order chi connectivity index (χ0) is 10.3. The van der Waals surface area contributed by atoms with Crippen molar-refractivity contribution in [3.05, 3.63) is 24.3 Å². The van der Waals surface area contributed by atoms with E-state index in [1.165, 1.54) is 4.57 Å². The average Bonchev–Trinajstić information content (AvgIpc) is 2.41. The molecule has 0 aliphatic carbocycles. The van der Waals surface area contributed by atoms with Crippen LogP contribution in [-0.2, 0) is 0 Å². The van der Waals surface area contributed by atoms with Gasteiger partial charge in [-0.2, -0.15) is 0 Å². The number of rotatable bonds is 1. The predicted octanol–water partition coefficient (Wildman–Crippen LogP) is 2.63. The van der Waals surface area contributed by atoms with E-state index in [1.54, 1.807) is 12.1 Å². The summed E-state index contributed by atoms with van der Waals surface area (Å²) in [5.41, 5.74) is 0. The van der Waals surface area contributed by atoms with E-state index in [2.05, 4.69) is 0 Å². The number of nitrogens with zero attached hydrogens (tertiary/aromatic N) is 1. The van der Waals surface area contributed by atoms with Crippen molar-refractivity contribution in [3.8, 4) is 11.8 Å². The van der Waals surface area contributed by atoms with Crippen LogP contribution in [0.1, 0.15) is 19.9 Å². The second-order valence-corrected chi connectivity index (χ2v) is 3.66. The number of fused-ring (bicyclic) bond motifs is 1. The Bertz CT molecular complexity index is 432. The largest absolute Gasteiger partial charge is 0.494 e. The van der Waals surface area contributed by atoms with E-state index in [1.807, 2.05) is 26.0 Å². The SMILES string of the molecule is CC(C)n1c(O)c2ccccc2c1O. The first-order chi connectivity index (χ1) is 6.63. The molecule has 1 heterocycles. The van der Waals surface area contributed by atoms with Gasteiger partial charge in [0.15, 0.2) is 0 Å². The molecular weight excluding hydrogens is 178 g/mol. The molecule has 0 aliphatic rings. The minimum Gasteiger partial charge on any atom is -0.494 e. The minimum atomic E-state index is 0.0439. The van der Waals surface area contributed by atoms with Crippen molar-refractivity contribution in [2.24, 2.45) is 0 Å². The summed E-state index contributed by atoms with van der Waals surface area (Å²) in [5.74, 6) is 0.265. The van der Waals surface area contributed by atoms with E-state index in [4.69, 9.17) is 0 Å². The number of aromatic hydroxyl groups is 2. The zero-order valence-electron chi connectivity index (χ0n) is 8.23. The molecule has 0 saturated carbocycles. The molecule has 0 radical (unpaired) electrons. The molecule has 0 saturated heterocycles. The zero-order valence-corrected chi connectivity index (χ0v) is 8.23. The van der Waals surface area contributed by atoms with Gasteiger partial charge in [-0.05, 0) is 26.0 Å². The summed E-state index contributed by atoms with van der Waals surface area (Å²) < 4.78 is 1.52. The second kappa shape index (κ2) is 2.94. The van der Waals surface area contributed by atoms with Crippen LogP contribution in [0.4, 0.5) is 0 Å². The molecule has 14 heavy (non-hydrogen) atoms. The first-order valence-corrected chi connectivity index (χ1v) is 4.63. The summed E-state index contributed by atoms with van der Waals surface area (Å²) in [6.07, 6.45) is 0. The summed E-state index contributed by atoms with van der Waals surface area (Å²) >= 11 is 0. The quantitative estimate of drug-likeness (QED) is 0.727. The van der Waals surface area contributed by atoms with Crippen molar-refractivity contribution in [1.29, 1.82) is 0 Å². The summed E-state index contributed by atoms with van der Waals surface area (Å²) in [5, 5.41) is 21.1. The number of hydrogen-bond donors (Lipinski definition) is 2. The Morgan fingerprint density at radius 3 is 1.79 bits per heavy atom. The fraction of sp³-hybridized carbons (Fsp3) is 0.273. The second-order valence-electron chi connectivity index (χ2n) is 3.66. The summed E-state index contributed by atoms with van der Waals surface area (Å²) in [4.78, 5) is 0. The maximum atomic E-state index is 9.84. The van der Waals surface area contributed by atoms with Gasteiger partial charge >= 0.3 is 0 Å². The molecule has 0 unspecified atom stereocenters. The molecule has 2 aromatic rings. The third kappa shape index (κ3) is 1.05. The molecule has 0 bridgehead atoms. The molecule has 0 fully saturated rings. The van der Waals surface area contributed by atoms with E-state index in [0.717, 1.165) is 0 Å². The summed E-state index contributed by atoms with van der Waals surface area (Å²) in [7, 11) is 0. The third-order valence-corrected chi connectivity index (χ3v) is 2.38. The number of aromatic nitrogens is 1. The van der Waals surface area contributed by atoms with Gasteiger partial charge in [0.2, 0.25) is 11.8 Å². The average molecular weight is 191 g/mol. The van der Waals surface area contributed by atoms with Gasteiger partial charge in [-0.25, -0.2) is 0 Å². The van der Waals surface area contributed by atoms with Crippen LogP contribution < -0.4 is 0 Å². The highest BCUT2D eigenvalue weighted by Gasteiger charge is 2.16. The molecule has 3 heteroatoms. The number of benzene rings is 1. The standard InChI is InChI=1S/C11H13NO2/c1-7(2)12-10(13)8-5-3-4-6-9(8)11(12)14/h3-7,13-14H,1-2H3. The van der Waals surface area contributed by atoms with Crippen molar-refractivity contribution in [2.75, 3.05) is 0 Å². The molecular formula is C11H13NO2. The Morgan fingerprint density at radius 2 is 1.43 bits per heavy atom. The molecule has 3 nitrogen and oxygen atoms in total. The Hall–Kier alpha value is -1.64. The van der Waals surface area contributed by atoms with Crippen LogP contribution in [0.15, 0.2) is 24.3 Å². The van der Waals surface area contributed by atoms with Crippen molar-refractivity contribution < 1.29 is 10.2 Å². The fourth-order valence-corrected chi connectivity index (χ4v) is 1.72. The van der Waals surface area contributed by atoms with Crippen molar-refractivity contribution in [1.82, 2.24) is 4.57 Å². The fourth-order valence-electron chi connectivity index (χ4n) is 1.72. The molecule has 0 amide bonds. The maximum Gasteiger partial charge on any atom is 0.202 e. The van der Waals surface area contributed by atoms with Gasteiger partial charge in [-0.15, -0.1) is 0 Å². The summed E-state index contributed by atoms with van der Waals surface area (Å²) in [6.45, 7) is 3.83. The van der Waals surface area contributed by atoms with Crippen molar-refractivity contribution in [2.45, 2.75) is 19.9 Å². The third-order valence-electron chi connectivity index (χ3n) is 2.38. The molecule has 2 N–H and O–H groups in total. The van der Waals surface area contributed by atoms with Gasteiger partial charge in [-0.1, -0.05) is 12.1 Å². The molecule has 0 aliphatic heterocycles. The first kappa shape index (κ1) is 8.94. The Morgan fingerprint density at radius 1 is 1.00 bits per heavy atom.